The molecule has 3 heterocycles. The molecule has 0 bridgehead atoms. The molecule has 30 heavy (non-hydrogen) atoms. The van der Waals surface area contributed by atoms with Gasteiger partial charge in [0.1, 0.15) is 0 Å². The number of piperidine rings is 1. The largest absolute Gasteiger partial charge is 0.279 e. The minimum absolute atomic E-state index is 0.0185. The number of carbonyl (C=O) groups is 1. The summed E-state index contributed by atoms with van der Waals surface area (Å²) in [5.41, 5.74) is 1.80. The van der Waals surface area contributed by atoms with Gasteiger partial charge in [-0.1, -0.05) is 6.92 Å². The Kier molecular flexibility index (Phi) is 5.23. The molecule has 1 saturated heterocycles. The third-order valence-electron chi connectivity index (χ3n) is 5.48. The summed E-state index contributed by atoms with van der Waals surface area (Å²) in [4.78, 5) is 19.0. The second kappa shape index (κ2) is 7.85. The second-order valence-electron chi connectivity index (χ2n) is 7.51. The molecule has 7 nitrogen and oxygen atoms in total. The first-order chi connectivity index (χ1) is 14.3. The van der Waals surface area contributed by atoms with Gasteiger partial charge in [-0.15, -0.1) is 5.10 Å². The summed E-state index contributed by atoms with van der Waals surface area (Å²) >= 11 is 0. The number of hydrogen-bond donors (Lipinski definition) is 1. The van der Waals surface area contributed by atoms with Crippen LogP contribution in [0.2, 0.25) is 0 Å². The first kappa shape index (κ1) is 20.0. The van der Waals surface area contributed by atoms with Gasteiger partial charge < -0.3 is 0 Å². The van der Waals surface area contributed by atoms with Crippen molar-refractivity contribution in [2.45, 2.75) is 26.7 Å². The number of hydrogen-bond acceptors (Lipinski definition) is 5. The number of nitrogens with one attached hydrogen (secondary N) is 1. The number of benzene rings is 1. The number of rotatable bonds is 4. The standard InChI is InChI=1S/C20H19F3N6O/c1-10-3-4-29(20-26-18(27-28-20)14-9-25-24-8-11(14)2)19(30)13(10)5-12-6-15(21)17(23)16(22)7-12/h6-10,13H,3-5H2,1-2H3,(H,26,27,28). The number of aromatic amines is 1. The van der Waals surface area contributed by atoms with Crippen molar-refractivity contribution >= 4 is 11.9 Å². The lowest BCUT2D eigenvalue weighted by Gasteiger charge is -2.34. The van der Waals surface area contributed by atoms with Crippen LogP contribution in [0.3, 0.4) is 0 Å². The topological polar surface area (TPSA) is 87.7 Å². The lowest BCUT2D eigenvalue weighted by molar-refractivity contribution is -0.125. The van der Waals surface area contributed by atoms with Gasteiger partial charge in [-0.25, -0.2) is 13.2 Å². The SMILES string of the molecule is Cc1cnncc1-c1nc(N2CCC(C)C(Cc3cc(F)c(F)c(F)c3)C2=O)n[nH]1. The van der Waals surface area contributed by atoms with E-state index in [-0.39, 0.29) is 29.8 Å². The Morgan fingerprint density at radius 1 is 1.17 bits per heavy atom. The average Bonchev–Trinajstić information content (AvgIpc) is 3.19. The van der Waals surface area contributed by atoms with Gasteiger partial charge in [0.05, 0.1) is 12.4 Å². The molecule has 2 unspecified atom stereocenters. The summed E-state index contributed by atoms with van der Waals surface area (Å²) in [6, 6.07) is 1.86. The predicted octanol–water partition coefficient (Wildman–Crippen LogP) is 3.22. The summed E-state index contributed by atoms with van der Waals surface area (Å²) in [5, 5.41) is 14.6. The Morgan fingerprint density at radius 3 is 2.57 bits per heavy atom. The molecule has 0 radical (unpaired) electrons. The van der Waals surface area contributed by atoms with Crippen molar-refractivity contribution in [2.75, 3.05) is 11.4 Å². The van der Waals surface area contributed by atoms with Gasteiger partial charge in [-0.3, -0.25) is 14.8 Å². The van der Waals surface area contributed by atoms with Crippen LogP contribution in [0.15, 0.2) is 24.5 Å². The summed E-state index contributed by atoms with van der Waals surface area (Å²) in [6.45, 7) is 4.19. The van der Waals surface area contributed by atoms with Crippen LogP contribution < -0.4 is 4.90 Å². The van der Waals surface area contributed by atoms with Crippen LogP contribution in [0.25, 0.3) is 11.4 Å². The van der Waals surface area contributed by atoms with Gasteiger partial charge in [0.2, 0.25) is 5.91 Å². The van der Waals surface area contributed by atoms with Crippen LogP contribution in [0.1, 0.15) is 24.5 Å². The molecule has 1 N–H and O–H groups in total. The maximum atomic E-state index is 13.6. The molecular formula is C20H19F3N6O. The van der Waals surface area contributed by atoms with E-state index in [2.05, 4.69) is 25.4 Å². The highest BCUT2D eigenvalue weighted by Crippen LogP contribution is 2.31. The van der Waals surface area contributed by atoms with Gasteiger partial charge in [-0.05, 0) is 48.9 Å². The summed E-state index contributed by atoms with van der Waals surface area (Å²) < 4.78 is 40.4. The minimum Gasteiger partial charge on any atom is -0.279 e. The van der Waals surface area contributed by atoms with Crippen LogP contribution in [0.4, 0.5) is 19.1 Å². The number of amides is 1. The molecule has 156 valence electrons. The summed E-state index contributed by atoms with van der Waals surface area (Å²) in [5.74, 6) is -4.16. The molecule has 10 heteroatoms. The minimum atomic E-state index is -1.52. The van der Waals surface area contributed by atoms with E-state index in [4.69, 9.17) is 0 Å². The van der Waals surface area contributed by atoms with Crippen LogP contribution >= 0.6 is 0 Å². The van der Waals surface area contributed by atoms with Crippen molar-refractivity contribution in [3.05, 3.63) is 53.1 Å². The van der Waals surface area contributed by atoms with Crippen LogP contribution in [0.5, 0.6) is 0 Å². The highest BCUT2D eigenvalue weighted by Gasteiger charge is 2.36. The number of nitrogens with zero attached hydrogens (tertiary/aromatic N) is 5. The normalized spacial score (nSPS) is 19.4. The van der Waals surface area contributed by atoms with E-state index in [1.54, 1.807) is 12.4 Å². The van der Waals surface area contributed by atoms with E-state index in [1.165, 1.54) is 4.90 Å². The van der Waals surface area contributed by atoms with Crippen molar-refractivity contribution in [1.82, 2.24) is 25.4 Å². The van der Waals surface area contributed by atoms with Crippen LogP contribution in [-0.2, 0) is 11.2 Å². The number of halogens is 3. The lowest BCUT2D eigenvalue weighted by Crippen LogP contribution is -2.46. The third kappa shape index (κ3) is 3.64. The molecule has 2 aromatic heterocycles. The Morgan fingerprint density at radius 2 is 1.87 bits per heavy atom. The molecule has 0 spiro atoms. The molecule has 1 fully saturated rings. The van der Waals surface area contributed by atoms with E-state index < -0.39 is 23.4 Å². The average molecular weight is 416 g/mol. The van der Waals surface area contributed by atoms with Gasteiger partial charge in [0.25, 0.3) is 5.95 Å². The zero-order chi connectivity index (χ0) is 21.4. The molecule has 4 rings (SSSR count). The van der Waals surface area contributed by atoms with E-state index >= 15 is 0 Å². The molecular weight excluding hydrogens is 397 g/mol. The molecule has 1 aromatic carbocycles. The van der Waals surface area contributed by atoms with E-state index in [1.807, 2.05) is 13.8 Å². The van der Waals surface area contributed by atoms with Gasteiger partial charge in [0, 0.05) is 18.0 Å². The molecule has 1 aliphatic heterocycles. The number of carbonyl (C=O) groups excluding carboxylic acids is 1. The monoisotopic (exact) mass is 416 g/mol. The Labute approximate surface area is 170 Å². The predicted molar refractivity (Wildman–Crippen MR) is 102 cm³/mol. The Hall–Kier alpha value is -3.30. The maximum absolute atomic E-state index is 13.6. The fourth-order valence-corrected chi connectivity index (χ4v) is 3.68. The van der Waals surface area contributed by atoms with Crippen molar-refractivity contribution in [3.8, 4) is 11.4 Å². The van der Waals surface area contributed by atoms with Gasteiger partial charge in [-0.2, -0.15) is 15.2 Å². The number of aromatic nitrogens is 5. The molecule has 0 aliphatic carbocycles. The molecule has 0 saturated carbocycles. The Bertz CT molecular complexity index is 1080. The zero-order valence-corrected chi connectivity index (χ0v) is 16.4. The van der Waals surface area contributed by atoms with Crippen LogP contribution in [-0.4, -0.2) is 37.8 Å². The number of H-pyrrole nitrogens is 1. The highest BCUT2D eigenvalue weighted by atomic mass is 19.2. The highest BCUT2D eigenvalue weighted by molar-refractivity contribution is 5.94. The van der Waals surface area contributed by atoms with Gasteiger partial charge in [0.15, 0.2) is 23.3 Å². The third-order valence-corrected chi connectivity index (χ3v) is 5.48. The van der Waals surface area contributed by atoms with Crippen molar-refractivity contribution < 1.29 is 18.0 Å². The fourth-order valence-electron chi connectivity index (χ4n) is 3.68. The fraction of sp³-hybridized carbons (Fsp3) is 0.350. The maximum Gasteiger partial charge on any atom is 0.251 e. The van der Waals surface area contributed by atoms with Gasteiger partial charge >= 0.3 is 0 Å². The van der Waals surface area contributed by atoms with Crippen molar-refractivity contribution in [2.24, 2.45) is 11.8 Å². The first-order valence-electron chi connectivity index (χ1n) is 9.50. The first-order valence-corrected chi connectivity index (χ1v) is 9.50. The zero-order valence-electron chi connectivity index (χ0n) is 16.4. The summed E-state index contributed by atoms with van der Waals surface area (Å²) in [6.07, 6.45) is 3.92. The quantitative estimate of drug-likeness (QED) is 0.660. The van der Waals surface area contributed by atoms with Crippen LogP contribution in [0, 0.1) is 36.2 Å². The molecule has 2 atom stereocenters. The second-order valence-corrected chi connectivity index (χ2v) is 7.51. The molecule has 1 aliphatic rings. The van der Waals surface area contributed by atoms with E-state index in [0.29, 0.717) is 18.8 Å². The Balaban J connectivity index is 1.58. The number of aryl methyl sites for hydroxylation is 1. The summed E-state index contributed by atoms with van der Waals surface area (Å²) in [7, 11) is 0. The van der Waals surface area contributed by atoms with E-state index in [9.17, 15) is 18.0 Å². The van der Waals surface area contributed by atoms with Crippen molar-refractivity contribution in [3.63, 3.8) is 0 Å². The molecule has 3 aromatic rings. The van der Waals surface area contributed by atoms with E-state index in [0.717, 1.165) is 23.3 Å². The number of anilines is 1. The smallest absolute Gasteiger partial charge is 0.251 e. The lowest BCUT2D eigenvalue weighted by atomic mass is 9.82. The van der Waals surface area contributed by atoms with Crippen molar-refractivity contribution in [1.29, 1.82) is 0 Å². The molecule has 1 amide bonds.